The summed E-state index contributed by atoms with van der Waals surface area (Å²) >= 11 is 0. The largest absolute Gasteiger partial charge is 0.493 e. The number of methoxy groups -OCH3 is 2. The van der Waals surface area contributed by atoms with Gasteiger partial charge in [0, 0.05) is 5.56 Å². The molecule has 0 saturated carbocycles. The SMILES string of the molecule is COC(=O)c1cc(OC)c(OCc2ccccc2)cc1C(C)=O. The van der Waals surface area contributed by atoms with E-state index >= 15 is 0 Å². The zero-order chi connectivity index (χ0) is 16.8. The van der Waals surface area contributed by atoms with Gasteiger partial charge in [-0.1, -0.05) is 30.3 Å². The number of ether oxygens (including phenoxy) is 3. The van der Waals surface area contributed by atoms with Gasteiger partial charge in [0.15, 0.2) is 17.3 Å². The molecule has 23 heavy (non-hydrogen) atoms. The Morgan fingerprint density at radius 3 is 2.17 bits per heavy atom. The minimum atomic E-state index is -0.594. The van der Waals surface area contributed by atoms with Gasteiger partial charge in [0.05, 0.1) is 19.8 Å². The Morgan fingerprint density at radius 2 is 1.61 bits per heavy atom. The monoisotopic (exact) mass is 314 g/mol. The number of rotatable bonds is 6. The molecule has 0 aliphatic heterocycles. The van der Waals surface area contributed by atoms with Crippen molar-refractivity contribution in [3.8, 4) is 11.5 Å². The van der Waals surface area contributed by atoms with Crippen LogP contribution in [-0.2, 0) is 11.3 Å². The minimum Gasteiger partial charge on any atom is -0.493 e. The average Bonchev–Trinajstić information content (AvgIpc) is 2.59. The lowest BCUT2D eigenvalue weighted by Crippen LogP contribution is -2.10. The molecule has 5 heteroatoms. The van der Waals surface area contributed by atoms with Crippen LogP contribution in [0.15, 0.2) is 42.5 Å². The van der Waals surface area contributed by atoms with Gasteiger partial charge in [-0.05, 0) is 24.6 Å². The standard InChI is InChI=1S/C18H18O5/c1-12(19)14-9-17(23-11-13-7-5-4-6-8-13)16(21-2)10-15(14)18(20)22-3/h4-10H,11H2,1-3H3. The molecule has 0 bridgehead atoms. The van der Waals surface area contributed by atoms with E-state index in [0.717, 1.165) is 5.56 Å². The van der Waals surface area contributed by atoms with Crippen molar-refractivity contribution in [2.45, 2.75) is 13.5 Å². The number of Topliss-reactive ketones (excluding diaryl/α,β-unsaturated/α-hetero) is 1. The van der Waals surface area contributed by atoms with Gasteiger partial charge >= 0.3 is 5.97 Å². The topological polar surface area (TPSA) is 61.8 Å². The van der Waals surface area contributed by atoms with Crippen LogP contribution in [0.1, 0.15) is 33.2 Å². The van der Waals surface area contributed by atoms with Gasteiger partial charge in [-0.2, -0.15) is 0 Å². The second kappa shape index (κ2) is 7.45. The fourth-order valence-electron chi connectivity index (χ4n) is 2.14. The molecule has 2 aromatic rings. The van der Waals surface area contributed by atoms with Crippen LogP contribution < -0.4 is 9.47 Å². The quantitative estimate of drug-likeness (QED) is 0.605. The molecular weight excluding hydrogens is 296 g/mol. The maximum atomic E-state index is 11.8. The lowest BCUT2D eigenvalue weighted by molar-refractivity contribution is 0.0596. The number of carbonyl (C=O) groups is 2. The average molecular weight is 314 g/mol. The van der Waals surface area contributed by atoms with Crippen LogP contribution in [0.5, 0.6) is 11.5 Å². The zero-order valence-electron chi connectivity index (χ0n) is 13.3. The van der Waals surface area contributed by atoms with Gasteiger partial charge in [-0.3, -0.25) is 4.79 Å². The molecule has 0 amide bonds. The highest BCUT2D eigenvalue weighted by Gasteiger charge is 2.20. The second-order valence-electron chi connectivity index (χ2n) is 4.87. The molecule has 0 atom stereocenters. The summed E-state index contributed by atoms with van der Waals surface area (Å²) in [6.07, 6.45) is 0. The van der Waals surface area contributed by atoms with E-state index in [1.807, 2.05) is 30.3 Å². The second-order valence-corrected chi connectivity index (χ2v) is 4.87. The van der Waals surface area contributed by atoms with Gasteiger partial charge in [-0.25, -0.2) is 4.79 Å². The van der Waals surface area contributed by atoms with E-state index in [0.29, 0.717) is 18.1 Å². The Bertz CT molecular complexity index is 707. The number of ketones is 1. The Balaban J connectivity index is 2.36. The Morgan fingerprint density at radius 1 is 0.957 bits per heavy atom. The van der Waals surface area contributed by atoms with E-state index in [1.54, 1.807) is 0 Å². The molecule has 0 aromatic heterocycles. The molecule has 120 valence electrons. The molecular formula is C18H18O5. The van der Waals surface area contributed by atoms with Crippen LogP contribution in [0, 0.1) is 0 Å². The van der Waals surface area contributed by atoms with E-state index in [9.17, 15) is 9.59 Å². The van der Waals surface area contributed by atoms with Crippen molar-refractivity contribution in [2.24, 2.45) is 0 Å². The lowest BCUT2D eigenvalue weighted by atomic mass is 10.0. The molecule has 0 heterocycles. The molecule has 2 rings (SSSR count). The summed E-state index contributed by atoms with van der Waals surface area (Å²) in [6, 6.07) is 12.6. The van der Waals surface area contributed by atoms with Gasteiger partial charge in [0.25, 0.3) is 0 Å². The van der Waals surface area contributed by atoms with Gasteiger partial charge in [0.1, 0.15) is 6.61 Å². The first kappa shape index (κ1) is 16.5. The number of hydrogen-bond donors (Lipinski definition) is 0. The van der Waals surface area contributed by atoms with E-state index in [4.69, 9.17) is 14.2 Å². The van der Waals surface area contributed by atoms with Crippen molar-refractivity contribution in [1.29, 1.82) is 0 Å². The Kier molecular flexibility index (Phi) is 5.36. The van der Waals surface area contributed by atoms with E-state index < -0.39 is 5.97 Å². The van der Waals surface area contributed by atoms with Crippen molar-refractivity contribution in [3.05, 3.63) is 59.2 Å². The summed E-state index contributed by atoms with van der Waals surface area (Å²) in [5.41, 5.74) is 1.38. The van der Waals surface area contributed by atoms with Crippen LogP contribution in [0.4, 0.5) is 0 Å². The predicted octanol–water partition coefficient (Wildman–Crippen LogP) is 3.26. The molecule has 0 saturated heterocycles. The summed E-state index contributed by atoms with van der Waals surface area (Å²) in [5.74, 6) is -0.0822. The minimum absolute atomic E-state index is 0.156. The number of carbonyl (C=O) groups excluding carboxylic acids is 2. The summed E-state index contributed by atoms with van der Waals surface area (Å²) in [5, 5.41) is 0. The van der Waals surface area contributed by atoms with Gasteiger partial charge in [0.2, 0.25) is 0 Å². The lowest BCUT2D eigenvalue weighted by Gasteiger charge is -2.14. The first-order chi connectivity index (χ1) is 11.1. The molecule has 0 spiro atoms. The summed E-state index contributed by atoms with van der Waals surface area (Å²) in [6.45, 7) is 1.71. The normalized spacial score (nSPS) is 10.0. The Hall–Kier alpha value is -2.82. The molecule has 2 aromatic carbocycles. The van der Waals surface area contributed by atoms with Crippen LogP contribution in [0.3, 0.4) is 0 Å². The number of benzene rings is 2. The van der Waals surface area contributed by atoms with E-state index in [-0.39, 0.29) is 16.9 Å². The third-order valence-corrected chi connectivity index (χ3v) is 3.33. The van der Waals surface area contributed by atoms with Crippen molar-refractivity contribution in [2.75, 3.05) is 14.2 Å². The first-order valence-corrected chi connectivity index (χ1v) is 7.04. The number of hydrogen-bond acceptors (Lipinski definition) is 5. The maximum Gasteiger partial charge on any atom is 0.338 e. The first-order valence-electron chi connectivity index (χ1n) is 7.04. The highest BCUT2D eigenvalue weighted by atomic mass is 16.5. The van der Waals surface area contributed by atoms with E-state index in [1.165, 1.54) is 33.3 Å². The molecule has 0 fully saturated rings. The van der Waals surface area contributed by atoms with Crippen molar-refractivity contribution in [3.63, 3.8) is 0 Å². The van der Waals surface area contributed by atoms with Crippen LogP contribution in [-0.4, -0.2) is 26.0 Å². The molecule has 0 unspecified atom stereocenters. The molecule has 0 N–H and O–H groups in total. The third-order valence-electron chi connectivity index (χ3n) is 3.33. The van der Waals surface area contributed by atoms with Crippen LogP contribution in [0.2, 0.25) is 0 Å². The van der Waals surface area contributed by atoms with Crippen molar-refractivity contribution < 1.29 is 23.8 Å². The molecule has 0 radical (unpaired) electrons. The van der Waals surface area contributed by atoms with Gasteiger partial charge in [-0.15, -0.1) is 0 Å². The highest BCUT2D eigenvalue weighted by molar-refractivity contribution is 6.06. The van der Waals surface area contributed by atoms with Crippen LogP contribution in [0.25, 0.3) is 0 Å². The molecule has 5 nitrogen and oxygen atoms in total. The van der Waals surface area contributed by atoms with Crippen molar-refractivity contribution in [1.82, 2.24) is 0 Å². The predicted molar refractivity (Wildman–Crippen MR) is 85.1 cm³/mol. The molecule has 0 aliphatic rings. The summed E-state index contributed by atoms with van der Waals surface area (Å²) in [7, 11) is 2.73. The van der Waals surface area contributed by atoms with E-state index in [2.05, 4.69) is 0 Å². The summed E-state index contributed by atoms with van der Waals surface area (Å²) in [4.78, 5) is 23.6. The smallest absolute Gasteiger partial charge is 0.338 e. The number of esters is 1. The fraction of sp³-hybridized carbons (Fsp3) is 0.222. The Labute approximate surface area is 134 Å². The zero-order valence-corrected chi connectivity index (χ0v) is 13.3. The summed E-state index contributed by atoms with van der Waals surface area (Å²) < 4.78 is 15.7. The fourth-order valence-corrected chi connectivity index (χ4v) is 2.14. The highest BCUT2D eigenvalue weighted by Crippen LogP contribution is 2.32. The third kappa shape index (κ3) is 3.88. The van der Waals surface area contributed by atoms with Crippen LogP contribution >= 0.6 is 0 Å². The van der Waals surface area contributed by atoms with Crippen molar-refractivity contribution >= 4 is 11.8 Å². The maximum absolute atomic E-state index is 11.8. The molecule has 0 aliphatic carbocycles. The van der Waals surface area contributed by atoms with Gasteiger partial charge < -0.3 is 14.2 Å².